The number of nitrogens with two attached hydrogens (primary N) is 1. The van der Waals surface area contributed by atoms with E-state index in [4.69, 9.17) is 22.1 Å². The molecule has 1 aromatic heterocycles. The monoisotopic (exact) mass is 298 g/mol. The molecule has 0 radical (unpaired) electrons. The van der Waals surface area contributed by atoms with Crippen LogP contribution in [0, 0.1) is 13.8 Å². The Morgan fingerprint density at radius 2 is 2.00 bits per heavy atom. The van der Waals surface area contributed by atoms with Crippen LogP contribution in [0.25, 0.3) is 0 Å². The molecule has 0 bridgehead atoms. The molecule has 2 rings (SSSR count). The van der Waals surface area contributed by atoms with Crippen molar-refractivity contribution in [3.8, 4) is 11.6 Å². The molecule has 102 valence electrons. The summed E-state index contributed by atoms with van der Waals surface area (Å²) in [7, 11) is 0. The molecule has 1 heterocycles. The SMILES string of the molecule is Cc1cc(Oc2cccc(Cl)c2)nc(C)c1CN.Cl. The lowest BCUT2D eigenvalue weighted by Gasteiger charge is -2.11. The van der Waals surface area contributed by atoms with Crippen LogP contribution in [0.1, 0.15) is 16.8 Å². The van der Waals surface area contributed by atoms with E-state index in [1.807, 2.05) is 32.0 Å². The third-order valence-corrected chi connectivity index (χ3v) is 2.99. The lowest BCUT2D eigenvalue weighted by molar-refractivity contribution is 0.460. The summed E-state index contributed by atoms with van der Waals surface area (Å²) >= 11 is 5.90. The second-order valence-electron chi connectivity index (χ2n) is 4.10. The van der Waals surface area contributed by atoms with Crippen molar-refractivity contribution < 1.29 is 4.74 Å². The Balaban J connectivity index is 0.00000180. The van der Waals surface area contributed by atoms with Crippen LogP contribution < -0.4 is 10.5 Å². The van der Waals surface area contributed by atoms with E-state index in [0.29, 0.717) is 23.2 Å². The Bertz CT molecular complexity index is 550. The molecule has 2 aromatic rings. The number of ether oxygens (including phenoxy) is 1. The maximum Gasteiger partial charge on any atom is 0.219 e. The van der Waals surface area contributed by atoms with Crippen LogP contribution in [-0.2, 0) is 6.54 Å². The molecule has 5 heteroatoms. The molecule has 0 atom stereocenters. The Morgan fingerprint density at radius 1 is 1.26 bits per heavy atom. The molecule has 3 nitrogen and oxygen atoms in total. The Labute approximate surface area is 124 Å². The molecule has 0 unspecified atom stereocenters. The van der Waals surface area contributed by atoms with E-state index in [9.17, 15) is 0 Å². The van der Waals surface area contributed by atoms with Crippen molar-refractivity contribution in [2.24, 2.45) is 5.73 Å². The van der Waals surface area contributed by atoms with Gasteiger partial charge in [-0.05, 0) is 43.2 Å². The minimum Gasteiger partial charge on any atom is -0.439 e. The van der Waals surface area contributed by atoms with Crippen molar-refractivity contribution in [2.75, 3.05) is 0 Å². The normalized spacial score (nSPS) is 9.89. The summed E-state index contributed by atoms with van der Waals surface area (Å²) in [5.41, 5.74) is 8.72. The molecule has 0 saturated carbocycles. The average molecular weight is 299 g/mol. The first-order valence-electron chi connectivity index (χ1n) is 5.70. The second kappa shape index (κ2) is 6.75. The molecule has 19 heavy (non-hydrogen) atoms. The van der Waals surface area contributed by atoms with Crippen LogP contribution in [0.5, 0.6) is 11.6 Å². The zero-order chi connectivity index (χ0) is 13.1. The highest BCUT2D eigenvalue weighted by molar-refractivity contribution is 6.30. The van der Waals surface area contributed by atoms with Crippen LogP contribution in [0.2, 0.25) is 5.02 Å². The van der Waals surface area contributed by atoms with Gasteiger partial charge in [-0.1, -0.05) is 17.7 Å². The minimum atomic E-state index is 0. The van der Waals surface area contributed by atoms with Gasteiger partial charge in [0, 0.05) is 23.3 Å². The number of hydrogen-bond acceptors (Lipinski definition) is 3. The van der Waals surface area contributed by atoms with Gasteiger partial charge in [0.15, 0.2) is 0 Å². The highest BCUT2D eigenvalue weighted by atomic mass is 35.5. The third kappa shape index (κ3) is 3.83. The molecule has 0 spiro atoms. The second-order valence-corrected chi connectivity index (χ2v) is 4.54. The van der Waals surface area contributed by atoms with Crippen molar-refractivity contribution in [3.63, 3.8) is 0 Å². The van der Waals surface area contributed by atoms with Crippen LogP contribution in [0.15, 0.2) is 30.3 Å². The summed E-state index contributed by atoms with van der Waals surface area (Å²) in [6.45, 7) is 4.42. The van der Waals surface area contributed by atoms with Gasteiger partial charge >= 0.3 is 0 Å². The van der Waals surface area contributed by atoms with Crippen molar-refractivity contribution in [1.29, 1.82) is 0 Å². The van der Waals surface area contributed by atoms with E-state index >= 15 is 0 Å². The van der Waals surface area contributed by atoms with Gasteiger partial charge in [0.05, 0.1) is 0 Å². The number of aromatic nitrogens is 1. The number of aryl methyl sites for hydroxylation is 2. The predicted octanol–water partition coefficient (Wildman–Crippen LogP) is 4.02. The largest absolute Gasteiger partial charge is 0.439 e. The number of pyridine rings is 1. The van der Waals surface area contributed by atoms with Gasteiger partial charge in [-0.25, -0.2) is 4.98 Å². The summed E-state index contributed by atoms with van der Waals surface area (Å²) in [5.74, 6) is 1.23. The smallest absolute Gasteiger partial charge is 0.219 e. The van der Waals surface area contributed by atoms with Gasteiger partial charge in [0.1, 0.15) is 5.75 Å². The van der Waals surface area contributed by atoms with Crippen molar-refractivity contribution >= 4 is 24.0 Å². The van der Waals surface area contributed by atoms with E-state index in [0.717, 1.165) is 16.8 Å². The Hall–Kier alpha value is -1.29. The van der Waals surface area contributed by atoms with Crippen LogP contribution in [-0.4, -0.2) is 4.98 Å². The summed E-state index contributed by atoms with van der Waals surface area (Å²) in [4.78, 5) is 4.38. The molecule has 0 aliphatic rings. The zero-order valence-electron chi connectivity index (χ0n) is 10.8. The zero-order valence-corrected chi connectivity index (χ0v) is 12.4. The fraction of sp³-hybridized carbons (Fsp3) is 0.214. The van der Waals surface area contributed by atoms with E-state index < -0.39 is 0 Å². The summed E-state index contributed by atoms with van der Waals surface area (Å²) in [6.07, 6.45) is 0. The maximum atomic E-state index is 5.90. The predicted molar refractivity (Wildman–Crippen MR) is 80.4 cm³/mol. The number of nitrogens with zero attached hydrogens (tertiary/aromatic N) is 1. The van der Waals surface area contributed by atoms with Gasteiger partial charge in [0.2, 0.25) is 5.88 Å². The first kappa shape index (κ1) is 15.8. The fourth-order valence-corrected chi connectivity index (χ4v) is 2.02. The van der Waals surface area contributed by atoms with E-state index in [2.05, 4.69) is 4.98 Å². The van der Waals surface area contributed by atoms with Gasteiger partial charge in [-0.2, -0.15) is 0 Å². The highest BCUT2D eigenvalue weighted by Gasteiger charge is 2.07. The molecule has 0 amide bonds. The molecule has 0 fully saturated rings. The van der Waals surface area contributed by atoms with E-state index in [-0.39, 0.29) is 12.4 Å². The topological polar surface area (TPSA) is 48.1 Å². The highest BCUT2D eigenvalue weighted by Crippen LogP contribution is 2.25. The lowest BCUT2D eigenvalue weighted by Crippen LogP contribution is -2.04. The maximum absolute atomic E-state index is 5.90. The van der Waals surface area contributed by atoms with Gasteiger partial charge in [-0.15, -0.1) is 12.4 Å². The molecular formula is C14H16Cl2N2O. The Kier molecular flexibility index (Phi) is 5.60. The molecular weight excluding hydrogens is 283 g/mol. The molecule has 0 aliphatic carbocycles. The van der Waals surface area contributed by atoms with Crippen molar-refractivity contribution in [2.45, 2.75) is 20.4 Å². The number of benzene rings is 1. The van der Waals surface area contributed by atoms with E-state index in [1.54, 1.807) is 12.1 Å². The molecule has 1 aromatic carbocycles. The number of halogens is 2. The standard InChI is InChI=1S/C14H15ClN2O.ClH/c1-9-6-14(17-10(2)13(9)8-16)18-12-5-3-4-11(15)7-12;/h3-7H,8,16H2,1-2H3;1H. The van der Waals surface area contributed by atoms with Gasteiger partial charge < -0.3 is 10.5 Å². The summed E-state index contributed by atoms with van der Waals surface area (Å²) in [6, 6.07) is 9.12. The first-order valence-corrected chi connectivity index (χ1v) is 6.08. The summed E-state index contributed by atoms with van der Waals surface area (Å²) in [5, 5.41) is 0.638. The lowest BCUT2D eigenvalue weighted by atomic mass is 10.1. The van der Waals surface area contributed by atoms with Crippen LogP contribution >= 0.6 is 24.0 Å². The fourth-order valence-electron chi connectivity index (χ4n) is 1.83. The number of rotatable bonds is 3. The quantitative estimate of drug-likeness (QED) is 0.931. The van der Waals surface area contributed by atoms with Crippen LogP contribution in [0.4, 0.5) is 0 Å². The molecule has 0 aliphatic heterocycles. The van der Waals surface area contributed by atoms with Gasteiger partial charge in [-0.3, -0.25) is 0 Å². The first-order chi connectivity index (χ1) is 8.60. The molecule has 2 N–H and O–H groups in total. The third-order valence-electron chi connectivity index (χ3n) is 2.75. The minimum absolute atomic E-state index is 0. The molecule has 0 saturated heterocycles. The Morgan fingerprint density at radius 3 is 2.58 bits per heavy atom. The average Bonchev–Trinajstić information content (AvgIpc) is 2.28. The van der Waals surface area contributed by atoms with Crippen molar-refractivity contribution in [1.82, 2.24) is 4.98 Å². The van der Waals surface area contributed by atoms with E-state index in [1.165, 1.54) is 0 Å². The van der Waals surface area contributed by atoms with Gasteiger partial charge in [0.25, 0.3) is 0 Å². The van der Waals surface area contributed by atoms with Crippen molar-refractivity contribution in [3.05, 3.63) is 52.2 Å². The number of hydrogen-bond donors (Lipinski definition) is 1. The summed E-state index contributed by atoms with van der Waals surface area (Å²) < 4.78 is 5.68. The van der Waals surface area contributed by atoms with Crippen LogP contribution in [0.3, 0.4) is 0 Å².